The molecule has 0 unspecified atom stereocenters. The number of rotatable bonds is 5. The first-order chi connectivity index (χ1) is 23.7. The van der Waals surface area contributed by atoms with Crippen molar-refractivity contribution in [2.45, 2.75) is 12.8 Å². The molecule has 0 radical (unpaired) electrons. The highest BCUT2D eigenvalue weighted by molar-refractivity contribution is 7.25. The summed E-state index contributed by atoms with van der Waals surface area (Å²) in [6.45, 7) is 0.467. The van der Waals surface area contributed by atoms with E-state index in [4.69, 9.17) is 20.1 Å². The normalized spacial score (nSPS) is 13.8. The molecule has 0 atom stereocenters. The highest BCUT2D eigenvalue weighted by atomic mass is 32.1. The largest absolute Gasteiger partial charge is 0.460 e. The molecule has 4 nitrogen and oxygen atoms in total. The van der Waals surface area contributed by atoms with Crippen molar-refractivity contribution in [1.82, 2.24) is 0 Å². The van der Waals surface area contributed by atoms with Crippen LogP contribution < -0.4 is 5.73 Å². The minimum atomic E-state index is 0.457. The van der Waals surface area contributed by atoms with Crippen LogP contribution in [-0.4, -0.2) is 18.2 Å². The number of aryl methyl sites for hydroxylation is 1. The van der Waals surface area contributed by atoms with Crippen LogP contribution in [0, 0.1) is 0 Å². The van der Waals surface area contributed by atoms with Crippen LogP contribution >= 0.6 is 11.3 Å². The van der Waals surface area contributed by atoms with Crippen LogP contribution in [0.15, 0.2) is 154 Å². The maximum atomic E-state index is 6.84. The van der Waals surface area contributed by atoms with Crippen molar-refractivity contribution in [1.29, 1.82) is 0 Å². The van der Waals surface area contributed by atoms with Crippen LogP contribution in [0.3, 0.4) is 0 Å². The van der Waals surface area contributed by atoms with Gasteiger partial charge in [-0.2, -0.15) is 0 Å². The summed E-state index contributed by atoms with van der Waals surface area (Å²) in [5, 5.41) is 5.93. The molecule has 0 saturated carbocycles. The molecule has 2 N–H and O–H groups in total. The van der Waals surface area contributed by atoms with Gasteiger partial charge < -0.3 is 10.2 Å². The van der Waals surface area contributed by atoms with E-state index in [1.54, 1.807) is 11.3 Å². The average Bonchev–Trinajstić information content (AvgIpc) is 3.72. The molecule has 0 spiro atoms. The lowest BCUT2D eigenvalue weighted by Gasteiger charge is -2.13. The Hall–Kier alpha value is -5.78. The lowest BCUT2D eigenvalue weighted by atomic mass is 9.92. The molecular formula is C43H31N3OS. The SMILES string of the molecule is N/C(=N\C(=N/CC1=CCCc2oc3ccc(-c4ccc5ccccc5c4)cc3c21)c1ccccc1)c1cccc2sc3ccccc3c12. The molecule has 9 rings (SSSR count). The van der Waals surface area contributed by atoms with E-state index >= 15 is 0 Å². The molecule has 230 valence electrons. The number of thiophene rings is 1. The Labute approximate surface area is 282 Å². The monoisotopic (exact) mass is 637 g/mol. The average molecular weight is 638 g/mol. The van der Waals surface area contributed by atoms with Gasteiger partial charge in [-0.15, -0.1) is 11.3 Å². The van der Waals surface area contributed by atoms with Crippen LogP contribution in [0.2, 0.25) is 0 Å². The zero-order valence-electron chi connectivity index (χ0n) is 26.2. The smallest absolute Gasteiger partial charge is 0.157 e. The van der Waals surface area contributed by atoms with Crippen molar-refractivity contribution >= 4 is 70.5 Å². The molecule has 0 amide bonds. The second-order valence-electron chi connectivity index (χ2n) is 12.2. The number of nitrogens with two attached hydrogens (primary N) is 1. The number of fused-ring (bicyclic) bond motifs is 7. The number of amidine groups is 2. The second-order valence-corrected chi connectivity index (χ2v) is 13.3. The molecule has 0 bridgehead atoms. The Morgan fingerprint density at radius 3 is 2.40 bits per heavy atom. The van der Waals surface area contributed by atoms with Gasteiger partial charge in [0, 0.05) is 48.7 Å². The molecule has 1 aliphatic rings. The Balaban J connectivity index is 1.11. The highest BCUT2D eigenvalue weighted by Crippen LogP contribution is 2.39. The van der Waals surface area contributed by atoms with Gasteiger partial charge in [-0.3, -0.25) is 4.99 Å². The molecule has 1 aliphatic carbocycles. The number of aliphatic imine (C=N–C) groups is 2. The van der Waals surface area contributed by atoms with Gasteiger partial charge in [-0.25, -0.2) is 4.99 Å². The molecule has 6 aromatic carbocycles. The number of nitrogens with zero attached hydrogens (tertiary/aromatic N) is 2. The predicted octanol–water partition coefficient (Wildman–Crippen LogP) is 10.8. The standard InChI is InChI=1S/C43H31N3OS/c44-42(34-16-9-19-39-41(34)33-15-6-7-18-38(33)48-39)46-43(28-11-2-1-3-12-28)45-26-32-14-8-17-37-40(32)35-25-31(22-23-36(35)47-37)30-21-20-27-10-4-5-13-29(27)24-30/h1-7,9-16,18-25H,8,17,26H2,(H2,44,45,46). The summed E-state index contributed by atoms with van der Waals surface area (Å²) in [6, 6.07) is 46.5. The molecule has 2 heterocycles. The highest BCUT2D eigenvalue weighted by Gasteiger charge is 2.22. The van der Waals surface area contributed by atoms with Gasteiger partial charge in [-0.05, 0) is 64.2 Å². The quantitative estimate of drug-likeness (QED) is 0.151. The van der Waals surface area contributed by atoms with Crippen molar-refractivity contribution in [3.8, 4) is 11.1 Å². The number of hydrogen-bond donors (Lipinski definition) is 1. The van der Waals surface area contributed by atoms with Crippen molar-refractivity contribution in [2.24, 2.45) is 15.7 Å². The molecule has 48 heavy (non-hydrogen) atoms. The van der Waals surface area contributed by atoms with Crippen LogP contribution in [-0.2, 0) is 6.42 Å². The zero-order valence-corrected chi connectivity index (χ0v) is 27.0. The number of hydrogen-bond acceptors (Lipinski definition) is 3. The Morgan fingerprint density at radius 1 is 0.708 bits per heavy atom. The van der Waals surface area contributed by atoms with Crippen LogP contribution in [0.4, 0.5) is 0 Å². The van der Waals surface area contributed by atoms with Crippen molar-refractivity contribution in [3.63, 3.8) is 0 Å². The van der Waals surface area contributed by atoms with Crippen LogP contribution in [0.5, 0.6) is 0 Å². The Kier molecular flexibility index (Phi) is 6.98. The van der Waals surface area contributed by atoms with Crippen LogP contribution in [0.25, 0.3) is 58.6 Å². The van der Waals surface area contributed by atoms with E-state index in [0.717, 1.165) is 57.2 Å². The van der Waals surface area contributed by atoms with E-state index in [1.165, 1.54) is 36.7 Å². The van der Waals surface area contributed by atoms with E-state index in [2.05, 4.69) is 109 Å². The predicted molar refractivity (Wildman–Crippen MR) is 203 cm³/mol. The van der Waals surface area contributed by atoms with Gasteiger partial charge in [0.05, 0.1) is 6.54 Å². The number of benzene rings is 6. The molecule has 0 saturated heterocycles. The van der Waals surface area contributed by atoms with E-state index in [-0.39, 0.29) is 0 Å². The van der Waals surface area contributed by atoms with Gasteiger partial charge in [0.2, 0.25) is 0 Å². The third-order valence-electron chi connectivity index (χ3n) is 9.26. The molecule has 2 aromatic heterocycles. The van der Waals surface area contributed by atoms with E-state index in [9.17, 15) is 0 Å². The molecule has 0 aliphatic heterocycles. The fourth-order valence-electron chi connectivity index (χ4n) is 6.95. The van der Waals surface area contributed by atoms with Crippen molar-refractivity contribution in [2.75, 3.05) is 6.54 Å². The summed E-state index contributed by atoms with van der Waals surface area (Å²) in [5.74, 6) is 2.09. The molecule has 8 aromatic rings. The van der Waals surface area contributed by atoms with Crippen LogP contribution in [0.1, 0.15) is 28.9 Å². The van der Waals surface area contributed by atoms with Gasteiger partial charge in [0.1, 0.15) is 17.2 Å². The minimum Gasteiger partial charge on any atom is -0.460 e. The summed E-state index contributed by atoms with van der Waals surface area (Å²) >= 11 is 1.78. The fraction of sp³-hybridized carbons (Fsp3) is 0.0698. The first-order valence-electron chi connectivity index (χ1n) is 16.3. The lowest BCUT2D eigenvalue weighted by molar-refractivity contribution is 0.545. The van der Waals surface area contributed by atoms with Gasteiger partial charge in [-0.1, -0.05) is 109 Å². The van der Waals surface area contributed by atoms with Gasteiger partial charge >= 0.3 is 0 Å². The third-order valence-corrected chi connectivity index (χ3v) is 10.4. The summed E-state index contributed by atoms with van der Waals surface area (Å²) in [4.78, 5) is 10.2. The topological polar surface area (TPSA) is 63.9 Å². The summed E-state index contributed by atoms with van der Waals surface area (Å²) in [5.41, 5.74) is 14.3. The van der Waals surface area contributed by atoms with Gasteiger partial charge in [0.15, 0.2) is 5.84 Å². The molecular weight excluding hydrogens is 607 g/mol. The summed E-state index contributed by atoms with van der Waals surface area (Å²) in [7, 11) is 0. The van der Waals surface area contributed by atoms with Gasteiger partial charge in [0.25, 0.3) is 0 Å². The Bertz CT molecular complexity index is 2600. The Morgan fingerprint density at radius 2 is 1.48 bits per heavy atom. The maximum absolute atomic E-state index is 6.84. The van der Waals surface area contributed by atoms with E-state index in [1.807, 2.05) is 30.3 Å². The maximum Gasteiger partial charge on any atom is 0.157 e. The second kappa shape index (κ2) is 11.8. The van der Waals surface area contributed by atoms with Crippen molar-refractivity contribution < 1.29 is 4.42 Å². The number of allylic oxidation sites excluding steroid dienone is 1. The summed E-state index contributed by atoms with van der Waals surface area (Å²) < 4.78 is 8.86. The first kappa shape index (κ1) is 28.4. The van der Waals surface area contributed by atoms with Crippen molar-refractivity contribution in [3.05, 3.63) is 162 Å². The fourth-order valence-corrected chi connectivity index (χ4v) is 8.08. The third kappa shape index (κ3) is 5.00. The molecule has 0 fully saturated rings. The van der Waals surface area contributed by atoms with E-state index < -0.39 is 0 Å². The first-order valence-corrected chi connectivity index (χ1v) is 17.1. The molecule has 5 heteroatoms. The lowest BCUT2D eigenvalue weighted by Crippen LogP contribution is -2.17. The zero-order chi connectivity index (χ0) is 32.0. The van der Waals surface area contributed by atoms with E-state index in [0.29, 0.717) is 18.2 Å². The number of furan rings is 1. The summed E-state index contributed by atoms with van der Waals surface area (Å²) in [6.07, 6.45) is 4.09. The minimum absolute atomic E-state index is 0.457.